The Labute approximate surface area is 147 Å². The zero-order valence-corrected chi connectivity index (χ0v) is 14.5. The van der Waals surface area contributed by atoms with E-state index in [1.807, 2.05) is 13.0 Å². The first-order valence-electron chi connectivity index (χ1n) is 7.95. The van der Waals surface area contributed by atoms with Crippen LogP contribution in [-0.4, -0.2) is 50.1 Å². The van der Waals surface area contributed by atoms with Crippen LogP contribution in [-0.2, 0) is 4.79 Å². The first-order valence-corrected chi connectivity index (χ1v) is 8.33. The van der Waals surface area contributed by atoms with Crippen LogP contribution >= 0.6 is 11.6 Å². The average molecular weight is 348 g/mol. The molecular formula is C17H22ClN5O. The fourth-order valence-electron chi connectivity index (χ4n) is 2.41. The highest BCUT2D eigenvalue weighted by Crippen LogP contribution is 2.23. The number of nitrogens with zero attached hydrogens (tertiary/aromatic N) is 2. The Morgan fingerprint density at radius 2 is 2.21 bits per heavy atom. The number of carbonyl (C=O) groups excluding carboxylic acids is 1. The van der Waals surface area contributed by atoms with Crippen LogP contribution in [0, 0.1) is 18.3 Å². The fraction of sp³-hybridized carbons (Fsp3) is 0.412. The number of rotatable bonds is 6. The van der Waals surface area contributed by atoms with Crippen LogP contribution in [0.3, 0.4) is 0 Å². The summed E-state index contributed by atoms with van der Waals surface area (Å²) in [6.45, 7) is 7.43. The molecule has 0 atom stereocenters. The molecule has 0 spiro atoms. The first kappa shape index (κ1) is 18.3. The predicted molar refractivity (Wildman–Crippen MR) is 95.8 cm³/mol. The third kappa shape index (κ3) is 5.24. The minimum absolute atomic E-state index is 0.0367. The summed E-state index contributed by atoms with van der Waals surface area (Å²) in [6, 6.07) is 7.19. The normalized spacial score (nSPS) is 15.6. The summed E-state index contributed by atoms with van der Waals surface area (Å²) in [6.07, 6.45) is 1.47. The molecule has 0 aromatic heterocycles. The van der Waals surface area contributed by atoms with Crippen molar-refractivity contribution in [2.45, 2.75) is 6.92 Å². The molecule has 0 aliphatic carbocycles. The standard InChI is InChI=1S/C17H22ClN5O/c1-13-15(18)3-2-4-16(13)22-17(24)14(11-19)12-21-7-10-23-8-5-20-6-9-23/h2-4,12,20-21H,5-10H2,1H3,(H,22,24)/b14-12-. The lowest BCUT2D eigenvalue weighted by Gasteiger charge is -2.26. The number of halogens is 1. The van der Waals surface area contributed by atoms with Gasteiger partial charge in [0.15, 0.2) is 0 Å². The molecule has 2 rings (SSSR count). The van der Waals surface area contributed by atoms with Gasteiger partial charge in [-0.25, -0.2) is 0 Å². The number of benzene rings is 1. The van der Waals surface area contributed by atoms with Gasteiger partial charge in [0.2, 0.25) is 0 Å². The maximum absolute atomic E-state index is 12.2. The van der Waals surface area contributed by atoms with Crippen LogP contribution in [0.2, 0.25) is 5.02 Å². The lowest BCUT2D eigenvalue weighted by molar-refractivity contribution is -0.112. The molecule has 0 radical (unpaired) electrons. The maximum Gasteiger partial charge on any atom is 0.267 e. The molecule has 128 valence electrons. The first-order chi connectivity index (χ1) is 11.6. The van der Waals surface area contributed by atoms with Gasteiger partial charge in [0.25, 0.3) is 5.91 Å². The van der Waals surface area contributed by atoms with Crippen molar-refractivity contribution < 1.29 is 4.79 Å². The van der Waals surface area contributed by atoms with Crippen molar-refractivity contribution in [1.29, 1.82) is 5.26 Å². The van der Waals surface area contributed by atoms with Gasteiger partial charge in [0.1, 0.15) is 11.6 Å². The Hall–Kier alpha value is -2.07. The predicted octanol–water partition coefficient (Wildman–Crippen LogP) is 1.49. The molecule has 6 nitrogen and oxygen atoms in total. The summed E-state index contributed by atoms with van der Waals surface area (Å²) in [4.78, 5) is 14.5. The van der Waals surface area contributed by atoms with Crippen LogP contribution < -0.4 is 16.0 Å². The molecule has 3 N–H and O–H groups in total. The number of piperazine rings is 1. The third-order valence-electron chi connectivity index (χ3n) is 3.91. The van der Waals surface area contributed by atoms with Gasteiger partial charge in [-0.2, -0.15) is 5.26 Å². The van der Waals surface area contributed by atoms with E-state index in [2.05, 4.69) is 20.9 Å². The molecule has 1 aromatic rings. The highest BCUT2D eigenvalue weighted by atomic mass is 35.5. The van der Waals surface area contributed by atoms with E-state index in [1.54, 1.807) is 18.2 Å². The van der Waals surface area contributed by atoms with Gasteiger partial charge >= 0.3 is 0 Å². The number of amides is 1. The SMILES string of the molecule is Cc1c(Cl)cccc1NC(=O)/C(C#N)=C\NCCN1CCNCC1. The number of anilines is 1. The van der Waals surface area contributed by atoms with Crippen LogP contribution in [0.4, 0.5) is 5.69 Å². The average Bonchev–Trinajstić information content (AvgIpc) is 2.60. The van der Waals surface area contributed by atoms with E-state index in [0.29, 0.717) is 17.3 Å². The summed E-state index contributed by atoms with van der Waals surface area (Å²) in [5.74, 6) is -0.447. The molecule has 24 heavy (non-hydrogen) atoms. The molecule has 1 aliphatic rings. The lowest BCUT2D eigenvalue weighted by Crippen LogP contribution is -2.45. The van der Waals surface area contributed by atoms with E-state index >= 15 is 0 Å². The summed E-state index contributed by atoms with van der Waals surface area (Å²) < 4.78 is 0. The highest BCUT2D eigenvalue weighted by Gasteiger charge is 2.12. The van der Waals surface area contributed by atoms with E-state index < -0.39 is 5.91 Å². The Kier molecular flexibility index (Phi) is 7.07. The molecule has 1 saturated heterocycles. The van der Waals surface area contributed by atoms with Gasteiger partial charge < -0.3 is 16.0 Å². The Morgan fingerprint density at radius 3 is 2.92 bits per heavy atom. The summed E-state index contributed by atoms with van der Waals surface area (Å²) in [5.41, 5.74) is 1.42. The second-order valence-corrected chi connectivity index (χ2v) is 5.99. The Bertz CT molecular complexity index is 647. The smallest absolute Gasteiger partial charge is 0.267 e. The molecular weight excluding hydrogens is 326 g/mol. The zero-order valence-electron chi connectivity index (χ0n) is 13.7. The van der Waals surface area contributed by atoms with E-state index in [0.717, 1.165) is 38.3 Å². The van der Waals surface area contributed by atoms with E-state index in [-0.39, 0.29) is 5.57 Å². The van der Waals surface area contributed by atoms with Crippen molar-refractivity contribution in [2.75, 3.05) is 44.6 Å². The zero-order chi connectivity index (χ0) is 17.4. The molecule has 1 aromatic carbocycles. The number of carbonyl (C=O) groups is 1. The summed E-state index contributed by atoms with van der Waals surface area (Å²) in [5, 5.41) is 18.8. The van der Waals surface area contributed by atoms with Crippen molar-refractivity contribution in [3.05, 3.63) is 40.6 Å². The van der Waals surface area contributed by atoms with E-state index in [1.165, 1.54) is 6.20 Å². The molecule has 1 fully saturated rings. The highest BCUT2D eigenvalue weighted by molar-refractivity contribution is 6.31. The summed E-state index contributed by atoms with van der Waals surface area (Å²) >= 11 is 6.03. The lowest BCUT2D eigenvalue weighted by atomic mass is 10.2. The van der Waals surface area contributed by atoms with E-state index in [4.69, 9.17) is 11.6 Å². The topological polar surface area (TPSA) is 80.2 Å². The van der Waals surface area contributed by atoms with Crippen molar-refractivity contribution in [3.63, 3.8) is 0 Å². The number of hydrogen-bond acceptors (Lipinski definition) is 5. The number of nitrogens with one attached hydrogen (secondary N) is 3. The Balaban J connectivity index is 1.86. The van der Waals surface area contributed by atoms with Crippen molar-refractivity contribution in [3.8, 4) is 6.07 Å². The third-order valence-corrected chi connectivity index (χ3v) is 4.32. The van der Waals surface area contributed by atoms with Gasteiger partial charge in [0, 0.05) is 56.2 Å². The number of nitriles is 1. The second kappa shape index (κ2) is 9.28. The van der Waals surface area contributed by atoms with Gasteiger partial charge in [-0.1, -0.05) is 17.7 Å². The van der Waals surface area contributed by atoms with Gasteiger partial charge in [-0.15, -0.1) is 0 Å². The van der Waals surface area contributed by atoms with Crippen LogP contribution in [0.25, 0.3) is 0 Å². The minimum Gasteiger partial charge on any atom is -0.388 e. The number of hydrogen-bond donors (Lipinski definition) is 3. The van der Waals surface area contributed by atoms with Crippen molar-refractivity contribution in [1.82, 2.24) is 15.5 Å². The molecule has 0 bridgehead atoms. The quantitative estimate of drug-likeness (QED) is 0.413. The monoisotopic (exact) mass is 347 g/mol. The maximum atomic E-state index is 12.2. The van der Waals surface area contributed by atoms with Gasteiger partial charge in [0.05, 0.1) is 0 Å². The molecule has 1 heterocycles. The molecule has 0 unspecified atom stereocenters. The van der Waals surface area contributed by atoms with Gasteiger partial charge in [-0.05, 0) is 24.6 Å². The minimum atomic E-state index is -0.447. The van der Waals surface area contributed by atoms with Crippen LogP contribution in [0.5, 0.6) is 0 Å². The van der Waals surface area contributed by atoms with Crippen LogP contribution in [0.1, 0.15) is 5.56 Å². The molecule has 7 heteroatoms. The van der Waals surface area contributed by atoms with Gasteiger partial charge in [-0.3, -0.25) is 9.69 Å². The van der Waals surface area contributed by atoms with E-state index in [9.17, 15) is 10.1 Å². The Morgan fingerprint density at radius 1 is 1.46 bits per heavy atom. The van der Waals surface area contributed by atoms with Crippen molar-refractivity contribution in [2.24, 2.45) is 0 Å². The molecule has 1 amide bonds. The summed E-state index contributed by atoms with van der Waals surface area (Å²) in [7, 11) is 0. The molecule has 0 saturated carbocycles. The fourth-order valence-corrected chi connectivity index (χ4v) is 2.59. The van der Waals surface area contributed by atoms with Crippen molar-refractivity contribution >= 4 is 23.2 Å². The second-order valence-electron chi connectivity index (χ2n) is 5.58. The molecule has 1 aliphatic heterocycles. The van der Waals surface area contributed by atoms with Crippen LogP contribution in [0.15, 0.2) is 30.0 Å². The largest absolute Gasteiger partial charge is 0.388 e.